The molecule has 0 aliphatic carbocycles. The van der Waals surface area contributed by atoms with Crippen molar-refractivity contribution in [3.63, 3.8) is 0 Å². The van der Waals surface area contributed by atoms with Gasteiger partial charge in [-0.3, -0.25) is 9.79 Å². The van der Waals surface area contributed by atoms with Gasteiger partial charge >= 0.3 is 0 Å². The van der Waals surface area contributed by atoms with Crippen LogP contribution in [0.3, 0.4) is 0 Å². The van der Waals surface area contributed by atoms with Gasteiger partial charge in [-0.2, -0.15) is 0 Å². The molecular weight excluding hydrogens is 310 g/mol. The highest BCUT2D eigenvalue weighted by molar-refractivity contribution is 6.30. The molecule has 1 aliphatic rings. The smallest absolute Gasteiger partial charge is 0.164 e. The van der Waals surface area contributed by atoms with Crippen molar-refractivity contribution in [3.8, 4) is 0 Å². The van der Waals surface area contributed by atoms with Crippen molar-refractivity contribution < 1.29 is 9.21 Å². The van der Waals surface area contributed by atoms with Crippen molar-refractivity contribution in [2.24, 2.45) is 4.99 Å². The van der Waals surface area contributed by atoms with E-state index in [2.05, 4.69) is 4.99 Å². The summed E-state index contributed by atoms with van der Waals surface area (Å²) in [5.41, 5.74) is 2.69. The maximum Gasteiger partial charge on any atom is 0.164 e. The monoisotopic (exact) mass is 325 g/mol. The van der Waals surface area contributed by atoms with E-state index in [1.807, 2.05) is 36.4 Å². The summed E-state index contributed by atoms with van der Waals surface area (Å²) in [6.07, 6.45) is 8.99. The zero-order valence-electron chi connectivity index (χ0n) is 12.5. The number of benzene rings is 1. The molecule has 2 aromatic rings. The second kappa shape index (κ2) is 7.25. The molecule has 4 heteroatoms. The molecule has 116 valence electrons. The maximum atomic E-state index is 12.3. The number of aliphatic imine (C=N–C) groups is 1. The topological polar surface area (TPSA) is 42.6 Å². The van der Waals surface area contributed by atoms with Gasteiger partial charge in [0.05, 0.1) is 6.26 Å². The van der Waals surface area contributed by atoms with Crippen LogP contribution in [-0.2, 0) is 11.2 Å². The van der Waals surface area contributed by atoms with E-state index in [1.165, 1.54) is 0 Å². The Hall–Kier alpha value is -2.39. The molecule has 23 heavy (non-hydrogen) atoms. The van der Waals surface area contributed by atoms with Gasteiger partial charge in [0.25, 0.3) is 0 Å². The van der Waals surface area contributed by atoms with Gasteiger partial charge < -0.3 is 4.42 Å². The molecule has 0 saturated carbocycles. The second-order valence-electron chi connectivity index (χ2n) is 5.35. The normalized spacial score (nSPS) is 14.7. The molecule has 0 saturated heterocycles. The lowest BCUT2D eigenvalue weighted by atomic mass is 9.97. The lowest BCUT2D eigenvalue weighted by molar-refractivity contribution is -0.115. The van der Waals surface area contributed by atoms with Crippen molar-refractivity contribution in [3.05, 3.63) is 76.9 Å². The SMILES string of the molecule is O=C(Cc1ccc(Cl)cc1)C1=CN=C(/C=C/c2ccco2)CC1. The number of ketones is 1. The Bertz CT molecular complexity index is 768. The molecule has 0 radical (unpaired) electrons. The van der Waals surface area contributed by atoms with E-state index in [9.17, 15) is 4.79 Å². The maximum absolute atomic E-state index is 12.3. The molecule has 1 aliphatic heterocycles. The van der Waals surface area contributed by atoms with Crippen LogP contribution < -0.4 is 0 Å². The first-order valence-electron chi connectivity index (χ1n) is 7.46. The van der Waals surface area contributed by atoms with Crippen molar-refractivity contribution in [2.45, 2.75) is 19.3 Å². The number of hydrogen-bond donors (Lipinski definition) is 0. The molecule has 0 unspecified atom stereocenters. The van der Waals surface area contributed by atoms with Crippen LogP contribution in [0, 0.1) is 0 Å². The Labute approximate surface area is 140 Å². The molecular formula is C19H16ClNO2. The molecule has 0 fully saturated rings. The summed E-state index contributed by atoms with van der Waals surface area (Å²) >= 11 is 5.85. The average molecular weight is 326 g/mol. The summed E-state index contributed by atoms with van der Waals surface area (Å²) in [5.74, 6) is 0.909. The predicted molar refractivity (Wildman–Crippen MR) is 92.7 cm³/mol. The van der Waals surface area contributed by atoms with E-state index < -0.39 is 0 Å². The van der Waals surface area contributed by atoms with Gasteiger partial charge in [0, 0.05) is 28.9 Å². The van der Waals surface area contributed by atoms with E-state index in [0.717, 1.165) is 29.0 Å². The Kier molecular flexibility index (Phi) is 4.89. The number of carbonyl (C=O) groups excluding carboxylic acids is 1. The van der Waals surface area contributed by atoms with Gasteiger partial charge in [-0.25, -0.2) is 0 Å². The van der Waals surface area contributed by atoms with Gasteiger partial charge in [0.2, 0.25) is 0 Å². The molecule has 0 atom stereocenters. The molecule has 0 amide bonds. The first-order valence-corrected chi connectivity index (χ1v) is 7.83. The van der Waals surface area contributed by atoms with Crippen LogP contribution in [0.1, 0.15) is 24.2 Å². The van der Waals surface area contributed by atoms with Crippen LogP contribution in [0.2, 0.25) is 5.02 Å². The number of rotatable bonds is 5. The molecule has 3 rings (SSSR count). The second-order valence-corrected chi connectivity index (χ2v) is 5.79. The van der Waals surface area contributed by atoms with Crippen LogP contribution >= 0.6 is 11.6 Å². The van der Waals surface area contributed by atoms with Crippen LogP contribution in [0.25, 0.3) is 6.08 Å². The fraction of sp³-hybridized carbons (Fsp3) is 0.158. The van der Waals surface area contributed by atoms with Gasteiger partial charge in [-0.05, 0) is 54.8 Å². The summed E-state index contributed by atoms with van der Waals surface area (Å²) in [4.78, 5) is 16.7. The fourth-order valence-corrected chi connectivity index (χ4v) is 2.48. The third-order valence-electron chi connectivity index (χ3n) is 3.66. The quantitative estimate of drug-likeness (QED) is 0.786. The Morgan fingerprint density at radius 1 is 1.17 bits per heavy atom. The largest absolute Gasteiger partial charge is 0.465 e. The van der Waals surface area contributed by atoms with E-state index in [1.54, 1.807) is 24.6 Å². The van der Waals surface area contributed by atoms with E-state index in [-0.39, 0.29) is 5.78 Å². The van der Waals surface area contributed by atoms with E-state index in [4.69, 9.17) is 16.0 Å². The lowest BCUT2D eigenvalue weighted by Gasteiger charge is -2.10. The standard InChI is InChI=1S/C19H16ClNO2/c20-16-6-3-14(4-7-16)12-19(22)15-5-8-17(21-13-15)9-10-18-2-1-11-23-18/h1-4,6-7,9-11,13H,5,8,12H2/b10-9+. The third-order valence-corrected chi connectivity index (χ3v) is 3.91. The number of furan rings is 1. The summed E-state index contributed by atoms with van der Waals surface area (Å²) in [7, 11) is 0. The zero-order valence-corrected chi connectivity index (χ0v) is 13.3. The molecule has 2 heterocycles. The number of halogens is 1. The van der Waals surface area contributed by atoms with E-state index >= 15 is 0 Å². The van der Waals surface area contributed by atoms with Crippen molar-refractivity contribution in [1.29, 1.82) is 0 Å². The number of carbonyl (C=O) groups is 1. The number of nitrogens with zero attached hydrogens (tertiary/aromatic N) is 1. The first-order chi connectivity index (χ1) is 11.2. The molecule has 1 aromatic heterocycles. The summed E-state index contributed by atoms with van der Waals surface area (Å²) < 4.78 is 5.24. The summed E-state index contributed by atoms with van der Waals surface area (Å²) in [6, 6.07) is 11.1. The van der Waals surface area contributed by atoms with Gasteiger partial charge in [0.15, 0.2) is 5.78 Å². The van der Waals surface area contributed by atoms with Crippen LogP contribution in [-0.4, -0.2) is 11.5 Å². The highest BCUT2D eigenvalue weighted by Gasteiger charge is 2.14. The minimum absolute atomic E-state index is 0.116. The van der Waals surface area contributed by atoms with Gasteiger partial charge in [0.1, 0.15) is 5.76 Å². The molecule has 0 bridgehead atoms. The Balaban J connectivity index is 1.63. The molecule has 0 spiro atoms. The molecule has 0 N–H and O–H groups in total. The Morgan fingerprint density at radius 2 is 2.00 bits per heavy atom. The average Bonchev–Trinajstić information content (AvgIpc) is 3.09. The zero-order chi connectivity index (χ0) is 16.1. The minimum Gasteiger partial charge on any atom is -0.465 e. The van der Waals surface area contributed by atoms with Crippen molar-refractivity contribution in [1.82, 2.24) is 0 Å². The van der Waals surface area contributed by atoms with E-state index in [0.29, 0.717) is 17.9 Å². The van der Waals surface area contributed by atoms with Crippen molar-refractivity contribution in [2.75, 3.05) is 0 Å². The summed E-state index contributed by atoms with van der Waals surface area (Å²) in [5, 5.41) is 0.677. The van der Waals surface area contributed by atoms with Gasteiger partial charge in [-0.1, -0.05) is 23.7 Å². The van der Waals surface area contributed by atoms with Crippen LogP contribution in [0.4, 0.5) is 0 Å². The summed E-state index contributed by atoms with van der Waals surface area (Å²) in [6.45, 7) is 0. The number of allylic oxidation sites excluding steroid dienone is 2. The Morgan fingerprint density at radius 3 is 2.65 bits per heavy atom. The third kappa shape index (κ3) is 4.30. The molecule has 1 aromatic carbocycles. The fourth-order valence-electron chi connectivity index (χ4n) is 2.36. The number of Topliss-reactive ketones (excluding diaryl/α,β-unsaturated/α-hetero) is 1. The highest BCUT2D eigenvalue weighted by atomic mass is 35.5. The predicted octanol–water partition coefficient (Wildman–Crippen LogP) is 4.88. The van der Waals surface area contributed by atoms with Crippen molar-refractivity contribution >= 4 is 29.2 Å². The lowest BCUT2D eigenvalue weighted by Crippen LogP contribution is -2.11. The van der Waals surface area contributed by atoms with Crippen LogP contribution in [0.5, 0.6) is 0 Å². The molecule has 3 nitrogen and oxygen atoms in total. The number of hydrogen-bond acceptors (Lipinski definition) is 3. The highest BCUT2D eigenvalue weighted by Crippen LogP contribution is 2.18. The van der Waals surface area contributed by atoms with Gasteiger partial charge in [-0.15, -0.1) is 0 Å². The van der Waals surface area contributed by atoms with Crippen LogP contribution in [0.15, 0.2) is 69.9 Å². The minimum atomic E-state index is 0.116. The first kappa shape index (κ1) is 15.5.